The molecule has 7 nitrogen and oxygen atoms in total. The molecule has 0 bridgehead atoms. The van der Waals surface area contributed by atoms with Crippen LogP contribution in [-0.4, -0.2) is 60.4 Å². The van der Waals surface area contributed by atoms with Crippen LogP contribution in [0.15, 0.2) is 18.5 Å². The van der Waals surface area contributed by atoms with Crippen LogP contribution in [0.5, 0.6) is 6.01 Å². The van der Waals surface area contributed by atoms with Crippen molar-refractivity contribution in [3.63, 3.8) is 0 Å². The second kappa shape index (κ2) is 9.61. The van der Waals surface area contributed by atoms with Crippen LogP contribution in [0.3, 0.4) is 0 Å². The van der Waals surface area contributed by atoms with Crippen molar-refractivity contribution >= 4 is 0 Å². The minimum absolute atomic E-state index is 0.0309. The Morgan fingerprint density at radius 3 is 2.19 bits per heavy atom. The van der Waals surface area contributed by atoms with Gasteiger partial charge in [-0.2, -0.15) is 0 Å². The maximum Gasteiger partial charge on any atom is 0.316 e. The second-order valence-electron chi connectivity index (χ2n) is 17.1. The van der Waals surface area contributed by atoms with Crippen molar-refractivity contribution in [3.05, 3.63) is 18.5 Å². The molecule has 5 aliphatic carbocycles. The van der Waals surface area contributed by atoms with E-state index in [1.54, 1.807) is 32.3 Å². The van der Waals surface area contributed by atoms with E-state index in [1.165, 1.54) is 6.42 Å². The Morgan fingerprint density at radius 2 is 1.55 bits per heavy atom. The molecule has 0 radical (unpaired) electrons. The molecule has 7 heteroatoms. The number of aromatic nitrogens is 2. The number of nitrogens with zero attached hydrogens (tertiary/aromatic N) is 2. The topological polar surface area (TPSA) is 116 Å². The predicted octanol–water partition coefficient (Wildman–Crippen LogP) is 5.40. The Labute approximate surface area is 252 Å². The third-order valence-electron chi connectivity index (χ3n) is 14.6. The van der Waals surface area contributed by atoms with Crippen molar-refractivity contribution in [2.45, 2.75) is 137 Å². The van der Waals surface area contributed by atoms with Gasteiger partial charge in [0.2, 0.25) is 0 Å². The van der Waals surface area contributed by atoms with Gasteiger partial charge in [-0.3, -0.25) is 0 Å². The number of aliphatic hydroxyl groups is 4. The maximum absolute atomic E-state index is 12.0. The summed E-state index contributed by atoms with van der Waals surface area (Å²) in [5.74, 6) is 0.947. The zero-order valence-electron chi connectivity index (χ0n) is 27.2. The van der Waals surface area contributed by atoms with Crippen molar-refractivity contribution in [3.8, 4) is 6.01 Å². The smallest absolute Gasteiger partial charge is 0.316 e. The van der Waals surface area contributed by atoms with Gasteiger partial charge < -0.3 is 25.2 Å². The van der Waals surface area contributed by atoms with Crippen LogP contribution in [0.2, 0.25) is 0 Å². The molecule has 13 atom stereocenters. The third-order valence-corrected chi connectivity index (χ3v) is 14.6. The van der Waals surface area contributed by atoms with E-state index in [4.69, 9.17) is 4.74 Å². The van der Waals surface area contributed by atoms with E-state index in [0.29, 0.717) is 11.8 Å². The van der Waals surface area contributed by atoms with Crippen molar-refractivity contribution in [2.24, 2.45) is 56.7 Å². The fraction of sp³-hybridized carbons (Fsp3) is 0.886. The average Bonchev–Trinajstić information content (AvgIpc) is 3.55. The number of ether oxygens (including phenoxy) is 1. The minimum Gasteiger partial charge on any atom is -0.457 e. The van der Waals surface area contributed by atoms with Crippen molar-refractivity contribution in [1.82, 2.24) is 9.97 Å². The van der Waals surface area contributed by atoms with Crippen LogP contribution in [0.4, 0.5) is 0 Å². The molecule has 0 saturated heterocycles. The molecular formula is C35H56N2O5. The van der Waals surface area contributed by atoms with Crippen LogP contribution in [-0.2, 0) is 0 Å². The predicted molar refractivity (Wildman–Crippen MR) is 161 cm³/mol. The lowest BCUT2D eigenvalue weighted by Crippen LogP contribution is -2.59. The van der Waals surface area contributed by atoms with Crippen molar-refractivity contribution in [2.75, 3.05) is 0 Å². The first-order valence-electron chi connectivity index (χ1n) is 16.7. The van der Waals surface area contributed by atoms with Gasteiger partial charge in [0.15, 0.2) is 0 Å². The van der Waals surface area contributed by atoms with Gasteiger partial charge in [-0.15, -0.1) is 0 Å². The molecule has 0 aliphatic heterocycles. The Hall–Kier alpha value is -1.28. The van der Waals surface area contributed by atoms with Crippen LogP contribution < -0.4 is 4.74 Å². The zero-order valence-corrected chi connectivity index (χ0v) is 27.2. The number of hydrogen-bond acceptors (Lipinski definition) is 7. The largest absolute Gasteiger partial charge is 0.457 e. The summed E-state index contributed by atoms with van der Waals surface area (Å²) in [4.78, 5) is 8.45. The van der Waals surface area contributed by atoms with Gasteiger partial charge >= 0.3 is 6.01 Å². The van der Waals surface area contributed by atoms with Crippen LogP contribution in [0, 0.1) is 56.7 Å². The van der Waals surface area contributed by atoms with E-state index >= 15 is 0 Å². The number of fused-ring (bicyclic) bond motifs is 2. The van der Waals surface area contributed by atoms with E-state index in [1.807, 2.05) is 0 Å². The standard InChI is InChI=1S/C35H56N2O5/c1-20(18-21(2)28(31(5,6)41)42-29-36-16-9-17-37-29)25-26(39)27(40)33(8)23-11-10-22-30(3,4)24(38)12-13-34(22)19-35(23,34)15-14-32(25,33)7/h9,16-17,20-28,38-41H,10-15,18-19H2,1-8H3/t20-,21-,22+,23+,24+,25+,26+,27+,28+,32-,33-,34-,35+/m1/s1. The summed E-state index contributed by atoms with van der Waals surface area (Å²) in [6.45, 7) is 17.1. The Bertz CT molecular complexity index is 1170. The van der Waals surface area contributed by atoms with Gasteiger partial charge in [0.1, 0.15) is 6.10 Å². The molecule has 0 unspecified atom stereocenters. The average molecular weight is 585 g/mol. The van der Waals surface area contributed by atoms with E-state index in [0.717, 1.165) is 44.9 Å². The molecule has 0 aromatic carbocycles. The Balaban J connectivity index is 1.26. The number of rotatable bonds is 7. The lowest BCUT2D eigenvalue weighted by molar-refractivity contribution is -0.183. The SMILES string of the molecule is C[C@H](C[C@@H](C)[C@H](Oc1ncccn1)C(C)(C)O)[C@H]1[C@H](O)[C@H](O)[C@@]2(C)[C@@H]3CC[C@H]4C(C)(C)[C@@H](O)CC[C@@]45C[C@@]35CC[C@]12C. The molecule has 6 rings (SSSR count). The zero-order chi connectivity index (χ0) is 30.7. The molecule has 0 amide bonds. The lowest BCUT2D eigenvalue weighted by Gasteiger charge is -2.63. The van der Waals surface area contributed by atoms with Gasteiger partial charge in [0, 0.05) is 17.8 Å². The molecule has 2 spiro atoms. The lowest BCUT2D eigenvalue weighted by atomic mass is 9.41. The Morgan fingerprint density at radius 1 is 0.929 bits per heavy atom. The van der Waals surface area contributed by atoms with E-state index in [-0.39, 0.29) is 56.9 Å². The van der Waals surface area contributed by atoms with Gasteiger partial charge in [0.05, 0.1) is 23.9 Å². The van der Waals surface area contributed by atoms with E-state index in [9.17, 15) is 20.4 Å². The quantitative estimate of drug-likeness (QED) is 0.339. The Kier molecular flexibility index (Phi) is 7.03. The third kappa shape index (κ3) is 3.91. The van der Waals surface area contributed by atoms with Gasteiger partial charge in [0.25, 0.3) is 0 Å². The molecule has 1 aromatic heterocycles. The van der Waals surface area contributed by atoms with Gasteiger partial charge in [-0.1, -0.05) is 41.5 Å². The minimum atomic E-state index is -1.11. The summed E-state index contributed by atoms with van der Waals surface area (Å²) in [6.07, 6.45) is 9.28. The van der Waals surface area contributed by atoms with Crippen LogP contribution in [0.25, 0.3) is 0 Å². The monoisotopic (exact) mass is 584 g/mol. The summed E-state index contributed by atoms with van der Waals surface area (Å²) < 4.78 is 6.17. The molecule has 5 aliphatic rings. The molecule has 1 heterocycles. The fourth-order valence-corrected chi connectivity index (χ4v) is 12.7. The van der Waals surface area contributed by atoms with Crippen molar-refractivity contribution < 1.29 is 25.2 Å². The van der Waals surface area contributed by atoms with Crippen LogP contribution in [0.1, 0.15) is 107 Å². The summed E-state index contributed by atoms with van der Waals surface area (Å²) in [7, 11) is 0. The summed E-state index contributed by atoms with van der Waals surface area (Å²) >= 11 is 0. The highest BCUT2D eigenvalue weighted by atomic mass is 16.5. The van der Waals surface area contributed by atoms with Crippen LogP contribution >= 0.6 is 0 Å². The number of hydrogen-bond donors (Lipinski definition) is 4. The van der Waals surface area contributed by atoms with Gasteiger partial charge in [-0.25, -0.2) is 9.97 Å². The summed E-state index contributed by atoms with van der Waals surface area (Å²) in [6, 6.07) is 2.00. The summed E-state index contributed by atoms with van der Waals surface area (Å²) in [5.41, 5.74) is -1.24. The highest BCUT2D eigenvalue weighted by Gasteiger charge is 2.84. The highest BCUT2D eigenvalue weighted by molar-refractivity contribution is 5.32. The maximum atomic E-state index is 12.0. The molecule has 5 fully saturated rings. The molecular weight excluding hydrogens is 528 g/mol. The molecule has 5 saturated carbocycles. The highest BCUT2D eigenvalue weighted by Crippen LogP contribution is 2.89. The first-order chi connectivity index (χ1) is 19.5. The van der Waals surface area contributed by atoms with E-state index in [2.05, 4.69) is 51.5 Å². The normalized spacial score (nSPS) is 47.7. The second-order valence-corrected chi connectivity index (χ2v) is 17.1. The van der Waals surface area contributed by atoms with Gasteiger partial charge in [-0.05, 0) is 123 Å². The molecule has 42 heavy (non-hydrogen) atoms. The molecule has 236 valence electrons. The first-order valence-corrected chi connectivity index (χ1v) is 16.7. The summed E-state index contributed by atoms with van der Waals surface area (Å²) in [5, 5.41) is 46.0. The molecule has 4 N–H and O–H groups in total. The number of aliphatic hydroxyl groups excluding tert-OH is 3. The molecule has 1 aromatic rings. The van der Waals surface area contributed by atoms with Crippen molar-refractivity contribution in [1.29, 1.82) is 0 Å². The fourth-order valence-electron chi connectivity index (χ4n) is 12.7. The first kappa shape index (κ1) is 30.7. The van der Waals surface area contributed by atoms with E-state index < -0.39 is 23.9 Å².